The summed E-state index contributed by atoms with van der Waals surface area (Å²) in [5.41, 5.74) is 11.4. The molecule has 0 amide bonds. The van der Waals surface area contributed by atoms with Crippen LogP contribution in [0.2, 0.25) is 0 Å². The van der Waals surface area contributed by atoms with Crippen molar-refractivity contribution in [1.82, 2.24) is 0 Å². The van der Waals surface area contributed by atoms with Crippen LogP contribution in [0.4, 0.5) is 0 Å². The smallest absolute Gasteiger partial charge is 0.179 e. The fourth-order valence-corrected chi connectivity index (χ4v) is 2.58. The van der Waals surface area contributed by atoms with Crippen LogP contribution in [0.25, 0.3) is 0 Å². The first kappa shape index (κ1) is 18.9. The Kier molecular flexibility index (Phi) is 6.27. The molecule has 10 N–H and O–H groups in total. The van der Waals surface area contributed by atoms with Crippen molar-refractivity contribution in [2.45, 2.75) is 61.3 Å². The van der Waals surface area contributed by atoms with Gasteiger partial charge in [-0.3, -0.25) is 0 Å². The molecule has 0 aromatic carbocycles. The Morgan fingerprint density at radius 3 is 1.35 bits per heavy atom. The zero-order valence-electron chi connectivity index (χ0n) is 12.3. The van der Waals surface area contributed by atoms with Crippen LogP contribution in [-0.4, -0.2) is 105 Å². The van der Waals surface area contributed by atoms with Crippen LogP contribution in [0.1, 0.15) is 0 Å². The minimum absolute atomic E-state index is 0.580. The van der Waals surface area contributed by atoms with Crippen molar-refractivity contribution in [3.05, 3.63) is 0 Å². The lowest BCUT2D eigenvalue weighted by Crippen LogP contribution is -2.67. The number of hydrogen-bond acceptors (Lipinski definition) is 11. The molecule has 0 aromatic heterocycles. The topological polar surface area (TPSA) is 201 Å². The highest BCUT2D eigenvalue weighted by Gasteiger charge is 2.48. The molecule has 0 aliphatic carbocycles. The molecule has 2 aliphatic rings. The van der Waals surface area contributed by atoms with Gasteiger partial charge in [-0.05, 0) is 0 Å². The summed E-state index contributed by atoms with van der Waals surface area (Å²) >= 11 is 0. The molecule has 2 saturated heterocycles. The van der Waals surface area contributed by atoms with E-state index < -0.39 is 74.5 Å². The summed E-state index contributed by atoms with van der Waals surface area (Å²) in [7, 11) is 0. The summed E-state index contributed by atoms with van der Waals surface area (Å²) < 4.78 is 15.9. The van der Waals surface area contributed by atoms with Crippen molar-refractivity contribution >= 4 is 0 Å². The largest absolute Gasteiger partial charge is 0.394 e. The van der Waals surface area contributed by atoms with Gasteiger partial charge >= 0.3 is 0 Å². The van der Waals surface area contributed by atoms with Crippen LogP contribution in [0.5, 0.6) is 0 Å². The van der Waals surface area contributed by atoms with Gasteiger partial charge in [-0.25, -0.2) is 0 Å². The Morgan fingerprint density at radius 1 is 0.696 bits per heavy atom. The first-order valence-electron chi connectivity index (χ1n) is 7.23. The minimum Gasteiger partial charge on any atom is -0.394 e. The number of nitrogens with two attached hydrogens (primary N) is 2. The van der Waals surface area contributed by atoms with E-state index in [1.54, 1.807) is 0 Å². The van der Waals surface area contributed by atoms with Crippen molar-refractivity contribution in [3.63, 3.8) is 0 Å². The second kappa shape index (κ2) is 7.63. The van der Waals surface area contributed by atoms with E-state index in [1.165, 1.54) is 0 Å². The third-order valence-electron chi connectivity index (χ3n) is 4.12. The number of aliphatic hydroxyl groups excluding tert-OH is 6. The lowest BCUT2D eigenvalue weighted by molar-refractivity contribution is -0.342. The van der Waals surface area contributed by atoms with Gasteiger partial charge in [0.1, 0.15) is 36.6 Å². The molecule has 136 valence electrons. The van der Waals surface area contributed by atoms with E-state index in [4.69, 9.17) is 35.9 Å². The molecule has 0 bridgehead atoms. The molecule has 2 heterocycles. The Morgan fingerprint density at radius 2 is 1.04 bits per heavy atom. The number of hydrogen-bond donors (Lipinski definition) is 8. The van der Waals surface area contributed by atoms with Crippen molar-refractivity contribution < 1.29 is 44.8 Å². The predicted molar refractivity (Wildman–Crippen MR) is 72.6 cm³/mol. The highest BCUT2D eigenvalue weighted by Crippen LogP contribution is 2.26. The number of rotatable bonds is 4. The molecule has 0 aromatic rings. The lowest BCUT2D eigenvalue weighted by Gasteiger charge is -2.45. The van der Waals surface area contributed by atoms with Gasteiger partial charge < -0.3 is 56.3 Å². The van der Waals surface area contributed by atoms with Gasteiger partial charge in [0.15, 0.2) is 12.6 Å². The van der Waals surface area contributed by atoms with Crippen molar-refractivity contribution in [3.8, 4) is 0 Å². The van der Waals surface area contributed by atoms with Crippen LogP contribution in [0, 0.1) is 0 Å². The molecule has 11 nitrogen and oxygen atoms in total. The first-order chi connectivity index (χ1) is 10.8. The van der Waals surface area contributed by atoms with Gasteiger partial charge in [0.2, 0.25) is 0 Å². The van der Waals surface area contributed by atoms with Crippen molar-refractivity contribution in [1.29, 1.82) is 0 Å². The highest BCUT2D eigenvalue weighted by molar-refractivity contribution is 4.94. The van der Waals surface area contributed by atoms with E-state index in [0.29, 0.717) is 0 Å². The molecule has 2 rings (SSSR count). The van der Waals surface area contributed by atoms with Gasteiger partial charge in [-0.1, -0.05) is 0 Å². The molecule has 2 aliphatic heterocycles. The van der Waals surface area contributed by atoms with Crippen LogP contribution < -0.4 is 11.5 Å². The van der Waals surface area contributed by atoms with E-state index in [2.05, 4.69) is 0 Å². The normalized spacial score (nSPS) is 51.7. The maximum Gasteiger partial charge on any atom is 0.179 e. The van der Waals surface area contributed by atoms with Gasteiger partial charge in [0.05, 0.1) is 25.3 Å². The lowest BCUT2D eigenvalue weighted by atomic mass is 9.96. The van der Waals surface area contributed by atoms with Gasteiger partial charge in [0.25, 0.3) is 0 Å². The standard InChI is InChI=1S/C12H24N2O9/c13-5-9(19)7(17)3(1-15)21-11(5)23-12-6(14)10(20)8(18)4(2-16)22-12/h3-12,15-20H,1-2,13-14H2/t3-,4-,5-,6-,7-,8-,9-,10-,11?,12?/m1/s1. The average molecular weight is 340 g/mol. The predicted octanol–water partition coefficient (Wildman–Crippen LogP) is -5.46. The Bertz CT molecular complexity index is 352. The molecule has 2 fully saturated rings. The Labute approximate surface area is 132 Å². The molecule has 10 atom stereocenters. The number of ether oxygens (including phenoxy) is 3. The van der Waals surface area contributed by atoms with Crippen LogP contribution in [0.3, 0.4) is 0 Å². The summed E-state index contributed by atoms with van der Waals surface area (Å²) in [5, 5.41) is 57.4. The molecular formula is C12H24N2O9. The molecule has 11 heteroatoms. The van der Waals surface area contributed by atoms with E-state index in [9.17, 15) is 20.4 Å². The zero-order chi connectivity index (χ0) is 17.3. The Balaban J connectivity index is 2.07. The van der Waals surface area contributed by atoms with Crippen LogP contribution in [-0.2, 0) is 14.2 Å². The quantitative estimate of drug-likeness (QED) is 0.242. The van der Waals surface area contributed by atoms with E-state index in [0.717, 1.165) is 0 Å². The summed E-state index contributed by atoms with van der Waals surface area (Å²) in [6, 6.07) is -2.33. The van der Waals surface area contributed by atoms with Gasteiger partial charge in [0, 0.05) is 0 Å². The van der Waals surface area contributed by atoms with E-state index in [1.807, 2.05) is 0 Å². The second-order valence-electron chi connectivity index (χ2n) is 5.70. The average Bonchev–Trinajstić information content (AvgIpc) is 2.55. The first-order valence-corrected chi connectivity index (χ1v) is 7.23. The Hall–Kier alpha value is -0.440. The van der Waals surface area contributed by atoms with E-state index in [-0.39, 0.29) is 0 Å². The zero-order valence-corrected chi connectivity index (χ0v) is 12.3. The third-order valence-corrected chi connectivity index (χ3v) is 4.12. The fraction of sp³-hybridized carbons (Fsp3) is 1.00. The maximum absolute atomic E-state index is 9.86. The molecule has 2 unspecified atom stereocenters. The molecular weight excluding hydrogens is 316 g/mol. The van der Waals surface area contributed by atoms with Gasteiger partial charge in [-0.15, -0.1) is 0 Å². The highest BCUT2D eigenvalue weighted by atomic mass is 16.8. The van der Waals surface area contributed by atoms with Crippen molar-refractivity contribution in [2.24, 2.45) is 11.5 Å². The third kappa shape index (κ3) is 3.65. The maximum atomic E-state index is 9.86. The molecule has 0 radical (unpaired) electrons. The second-order valence-corrected chi connectivity index (χ2v) is 5.70. The molecule has 23 heavy (non-hydrogen) atoms. The molecule has 0 spiro atoms. The summed E-state index contributed by atoms with van der Waals surface area (Å²) in [4.78, 5) is 0. The van der Waals surface area contributed by atoms with Crippen molar-refractivity contribution in [2.75, 3.05) is 13.2 Å². The van der Waals surface area contributed by atoms with Crippen LogP contribution >= 0.6 is 0 Å². The summed E-state index contributed by atoms with van der Waals surface area (Å²) in [6.07, 6.45) is -10.5. The number of aliphatic hydroxyl groups is 6. The monoisotopic (exact) mass is 340 g/mol. The fourth-order valence-electron chi connectivity index (χ4n) is 2.58. The summed E-state index contributed by atoms with van der Waals surface area (Å²) in [5.74, 6) is 0. The van der Waals surface area contributed by atoms with Crippen LogP contribution in [0.15, 0.2) is 0 Å². The van der Waals surface area contributed by atoms with Gasteiger partial charge in [-0.2, -0.15) is 0 Å². The molecule has 0 saturated carbocycles. The summed E-state index contributed by atoms with van der Waals surface area (Å²) in [6.45, 7) is -1.16. The SMILES string of the molecule is N[C@H]1C(OC2O[C@H](CO)[C@@H](O)[C@H](O)[C@H]2N)O[C@H](CO)[C@@H](O)[C@@H]1O. The van der Waals surface area contributed by atoms with E-state index >= 15 is 0 Å². The minimum atomic E-state index is -1.42.